The molecule has 1 aliphatic rings. The molecule has 2 rings (SSSR count). The van der Waals surface area contributed by atoms with Gasteiger partial charge in [-0.25, -0.2) is 0 Å². The van der Waals surface area contributed by atoms with Crippen LogP contribution in [0.5, 0.6) is 0 Å². The minimum Gasteiger partial charge on any atom is -0.356 e. The Labute approximate surface area is 147 Å². The van der Waals surface area contributed by atoms with Crippen molar-refractivity contribution >= 4 is 5.91 Å². The molecule has 24 heavy (non-hydrogen) atoms. The van der Waals surface area contributed by atoms with Crippen LogP contribution in [0.4, 0.5) is 0 Å². The summed E-state index contributed by atoms with van der Waals surface area (Å²) in [4.78, 5) is 14.9. The van der Waals surface area contributed by atoms with Crippen LogP contribution in [0.1, 0.15) is 57.9 Å². The molecule has 1 saturated heterocycles. The highest BCUT2D eigenvalue weighted by Gasteiger charge is 2.25. The number of nitrogens with zero attached hydrogens (tertiary/aromatic N) is 1. The number of benzene rings is 1. The van der Waals surface area contributed by atoms with E-state index in [-0.39, 0.29) is 11.8 Å². The van der Waals surface area contributed by atoms with Crippen LogP contribution in [-0.2, 0) is 11.3 Å². The molecule has 1 aromatic rings. The van der Waals surface area contributed by atoms with Gasteiger partial charge < -0.3 is 5.32 Å². The Morgan fingerprint density at radius 3 is 2.54 bits per heavy atom. The molecule has 1 amide bonds. The van der Waals surface area contributed by atoms with Crippen LogP contribution in [0.25, 0.3) is 0 Å². The summed E-state index contributed by atoms with van der Waals surface area (Å²) < 4.78 is 0. The van der Waals surface area contributed by atoms with Gasteiger partial charge in [0.2, 0.25) is 5.91 Å². The third-order valence-corrected chi connectivity index (χ3v) is 5.32. The van der Waals surface area contributed by atoms with Crippen molar-refractivity contribution in [3.8, 4) is 0 Å². The maximum absolute atomic E-state index is 12.4. The van der Waals surface area contributed by atoms with Crippen molar-refractivity contribution in [3.05, 3.63) is 35.9 Å². The molecule has 0 aliphatic carbocycles. The second kappa shape index (κ2) is 10.5. The summed E-state index contributed by atoms with van der Waals surface area (Å²) in [6, 6.07) is 10.6. The van der Waals surface area contributed by atoms with E-state index >= 15 is 0 Å². The zero-order valence-corrected chi connectivity index (χ0v) is 15.5. The first kappa shape index (κ1) is 19.0. The van der Waals surface area contributed by atoms with Crippen molar-refractivity contribution in [3.63, 3.8) is 0 Å². The van der Waals surface area contributed by atoms with E-state index in [0.717, 1.165) is 45.4 Å². The maximum Gasteiger partial charge on any atom is 0.223 e. The summed E-state index contributed by atoms with van der Waals surface area (Å²) in [6.45, 7) is 8.38. The molecule has 134 valence electrons. The molecule has 1 aliphatic heterocycles. The van der Waals surface area contributed by atoms with E-state index in [0.29, 0.717) is 5.92 Å². The van der Waals surface area contributed by atoms with E-state index in [1.54, 1.807) is 0 Å². The Bertz CT molecular complexity index is 466. The number of amides is 1. The molecule has 0 saturated carbocycles. The van der Waals surface area contributed by atoms with Crippen LogP contribution in [0.2, 0.25) is 0 Å². The van der Waals surface area contributed by atoms with Gasteiger partial charge in [0.15, 0.2) is 0 Å². The smallest absolute Gasteiger partial charge is 0.223 e. The largest absolute Gasteiger partial charge is 0.356 e. The number of likely N-dealkylation sites (tertiary alicyclic amines) is 1. The zero-order chi connectivity index (χ0) is 17.2. The maximum atomic E-state index is 12.4. The van der Waals surface area contributed by atoms with E-state index in [2.05, 4.69) is 54.4 Å². The average molecular weight is 331 g/mol. The van der Waals surface area contributed by atoms with Gasteiger partial charge in [-0.15, -0.1) is 0 Å². The van der Waals surface area contributed by atoms with Crippen molar-refractivity contribution in [2.75, 3.05) is 19.6 Å². The number of carbonyl (C=O) groups is 1. The molecule has 1 fully saturated rings. The van der Waals surface area contributed by atoms with Gasteiger partial charge >= 0.3 is 0 Å². The molecule has 0 aromatic heterocycles. The van der Waals surface area contributed by atoms with Gasteiger partial charge in [-0.3, -0.25) is 9.69 Å². The third kappa shape index (κ3) is 6.27. The lowest BCUT2D eigenvalue weighted by atomic mass is 9.94. The fourth-order valence-corrected chi connectivity index (χ4v) is 3.53. The topological polar surface area (TPSA) is 32.3 Å². The number of unbranched alkanes of at least 4 members (excludes halogenated alkanes) is 1. The summed E-state index contributed by atoms with van der Waals surface area (Å²) in [7, 11) is 0. The number of rotatable bonds is 9. The predicted octanol–water partition coefficient (Wildman–Crippen LogP) is 4.23. The third-order valence-electron chi connectivity index (χ3n) is 5.32. The highest BCUT2D eigenvalue weighted by Crippen LogP contribution is 2.20. The van der Waals surface area contributed by atoms with Crippen molar-refractivity contribution in [2.45, 2.75) is 58.9 Å². The molecule has 0 bridgehead atoms. The molecule has 1 heterocycles. The van der Waals surface area contributed by atoms with E-state index in [1.165, 1.54) is 24.8 Å². The lowest BCUT2D eigenvalue weighted by Crippen LogP contribution is -2.41. The standard InChI is InChI=1S/C21H34N2O/c1-3-5-9-18(4-2)16-22-21(24)20-12-14-23(15-13-20)17-19-10-7-6-8-11-19/h6-8,10-11,18,20H,3-5,9,12-17H2,1-2H3,(H,22,24)/t18-/m1/s1. The number of piperidine rings is 1. The molecular weight excluding hydrogens is 296 g/mol. The first-order chi connectivity index (χ1) is 11.7. The van der Waals surface area contributed by atoms with Crippen molar-refractivity contribution in [1.29, 1.82) is 0 Å². The summed E-state index contributed by atoms with van der Waals surface area (Å²) in [5.41, 5.74) is 1.36. The van der Waals surface area contributed by atoms with E-state index in [9.17, 15) is 4.79 Å². The molecule has 3 nitrogen and oxygen atoms in total. The molecular formula is C21H34N2O. The van der Waals surface area contributed by atoms with Gasteiger partial charge in [-0.05, 0) is 43.8 Å². The second-order valence-corrected chi connectivity index (χ2v) is 7.20. The Hall–Kier alpha value is -1.35. The highest BCUT2D eigenvalue weighted by molar-refractivity contribution is 5.78. The summed E-state index contributed by atoms with van der Waals surface area (Å²) in [5.74, 6) is 1.14. The van der Waals surface area contributed by atoms with E-state index < -0.39 is 0 Å². The SMILES string of the molecule is CCCC[C@@H](CC)CNC(=O)C1CCN(Cc2ccccc2)CC1. The van der Waals surface area contributed by atoms with Crippen LogP contribution in [0.3, 0.4) is 0 Å². The van der Waals surface area contributed by atoms with E-state index in [1.807, 2.05) is 0 Å². The first-order valence-electron chi connectivity index (χ1n) is 9.76. The van der Waals surface area contributed by atoms with Gasteiger partial charge in [0.25, 0.3) is 0 Å². The molecule has 0 radical (unpaired) electrons. The van der Waals surface area contributed by atoms with Crippen LogP contribution >= 0.6 is 0 Å². The number of nitrogens with one attached hydrogen (secondary N) is 1. The second-order valence-electron chi connectivity index (χ2n) is 7.20. The minimum atomic E-state index is 0.209. The van der Waals surface area contributed by atoms with Crippen molar-refractivity contribution in [1.82, 2.24) is 10.2 Å². The quantitative estimate of drug-likeness (QED) is 0.735. The van der Waals surface area contributed by atoms with Crippen LogP contribution in [0, 0.1) is 11.8 Å². The molecule has 1 atom stereocenters. The number of hydrogen-bond donors (Lipinski definition) is 1. The average Bonchev–Trinajstić information content (AvgIpc) is 2.63. The van der Waals surface area contributed by atoms with Gasteiger partial charge in [-0.2, -0.15) is 0 Å². The first-order valence-corrected chi connectivity index (χ1v) is 9.76. The highest BCUT2D eigenvalue weighted by atomic mass is 16.1. The lowest BCUT2D eigenvalue weighted by molar-refractivity contribution is -0.126. The van der Waals surface area contributed by atoms with Crippen molar-refractivity contribution in [2.24, 2.45) is 11.8 Å². The molecule has 0 spiro atoms. The van der Waals surface area contributed by atoms with Gasteiger partial charge in [0.1, 0.15) is 0 Å². The number of carbonyl (C=O) groups excluding carboxylic acids is 1. The fourth-order valence-electron chi connectivity index (χ4n) is 3.53. The molecule has 3 heteroatoms. The minimum absolute atomic E-state index is 0.209. The summed E-state index contributed by atoms with van der Waals surface area (Å²) in [5, 5.41) is 3.22. The predicted molar refractivity (Wildman–Crippen MR) is 101 cm³/mol. The Morgan fingerprint density at radius 2 is 1.92 bits per heavy atom. The van der Waals surface area contributed by atoms with Crippen LogP contribution in [-0.4, -0.2) is 30.4 Å². The lowest BCUT2D eigenvalue weighted by Gasteiger charge is -2.31. The van der Waals surface area contributed by atoms with Gasteiger partial charge in [0, 0.05) is 19.0 Å². The molecule has 0 unspecified atom stereocenters. The summed E-state index contributed by atoms with van der Waals surface area (Å²) in [6.07, 6.45) is 6.89. The molecule has 1 N–H and O–H groups in total. The summed E-state index contributed by atoms with van der Waals surface area (Å²) >= 11 is 0. The van der Waals surface area contributed by atoms with Gasteiger partial charge in [0.05, 0.1) is 0 Å². The Morgan fingerprint density at radius 1 is 1.21 bits per heavy atom. The van der Waals surface area contributed by atoms with Crippen LogP contribution < -0.4 is 5.32 Å². The van der Waals surface area contributed by atoms with Gasteiger partial charge in [-0.1, -0.05) is 63.4 Å². The monoisotopic (exact) mass is 330 g/mol. The Balaban J connectivity index is 1.68. The number of hydrogen-bond acceptors (Lipinski definition) is 2. The Kier molecular flexibility index (Phi) is 8.31. The fraction of sp³-hybridized carbons (Fsp3) is 0.667. The molecule has 1 aromatic carbocycles. The van der Waals surface area contributed by atoms with Crippen LogP contribution in [0.15, 0.2) is 30.3 Å². The zero-order valence-electron chi connectivity index (χ0n) is 15.5. The van der Waals surface area contributed by atoms with Crippen molar-refractivity contribution < 1.29 is 4.79 Å². The normalized spacial score (nSPS) is 17.6. The van der Waals surface area contributed by atoms with E-state index in [4.69, 9.17) is 0 Å².